The van der Waals surface area contributed by atoms with E-state index in [0.717, 1.165) is 5.56 Å². The minimum absolute atomic E-state index is 0. The van der Waals surface area contributed by atoms with E-state index >= 15 is 0 Å². The van der Waals surface area contributed by atoms with Crippen LogP contribution in [0.1, 0.15) is 49.3 Å². The number of hydrogen-bond donors (Lipinski definition) is 6. The summed E-state index contributed by atoms with van der Waals surface area (Å²) in [5.41, 5.74) is 0.197. The van der Waals surface area contributed by atoms with Crippen molar-refractivity contribution in [3.05, 3.63) is 29.1 Å². The van der Waals surface area contributed by atoms with Crippen LogP contribution in [-0.2, 0) is 20.6 Å². The monoisotopic (exact) mass is 498 g/mol. The van der Waals surface area contributed by atoms with Crippen molar-refractivity contribution in [3.63, 3.8) is 0 Å². The van der Waals surface area contributed by atoms with E-state index in [1.165, 1.54) is 0 Å². The second-order valence-corrected chi connectivity index (χ2v) is 8.90. The molecule has 2 rings (SSSR count). The van der Waals surface area contributed by atoms with Gasteiger partial charge in [-0.3, -0.25) is 24.5 Å². The SMILES string of the molecule is CCc1cnc(C2=NC(C)(C(C)C)C(=O)N2)c(C(=O)O)c1.O=C(O)CNCP(=O)(O)O.[KH]. The van der Waals surface area contributed by atoms with Crippen molar-refractivity contribution in [1.29, 1.82) is 0 Å². The molecule has 2 heterocycles. The molecule has 12 nitrogen and oxygen atoms in total. The van der Waals surface area contributed by atoms with Gasteiger partial charge in [0, 0.05) is 6.20 Å². The number of rotatable bonds is 8. The van der Waals surface area contributed by atoms with E-state index in [1.807, 2.05) is 20.8 Å². The second-order valence-electron chi connectivity index (χ2n) is 7.26. The van der Waals surface area contributed by atoms with Crippen LogP contribution in [0.2, 0.25) is 0 Å². The molecular formula is C18H28KN4O8P. The molecule has 0 aliphatic carbocycles. The van der Waals surface area contributed by atoms with Crippen molar-refractivity contribution >= 4 is 82.7 Å². The van der Waals surface area contributed by atoms with E-state index in [2.05, 4.69) is 20.6 Å². The molecule has 0 radical (unpaired) electrons. The first-order chi connectivity index (χ1) is 14.2. The third-order valence-electron chi connectivity index (χ3n) is 4.56. The Morgan fingerprint density at radius 2 is 1.88 bits per heavy atom. The molecule has 1 unspecified atom stereocenters. The van der Waals surface area contributed by atoms with Crippen LogP contribution >= 0.6 is 7.60 Å². The molecule has 1 aromatic rings. The van der Waals surface area contributed by atoms with Gasteiger partial charge in [0.05, 0.1) is 18.4 Å². The number of carbonyl (C=O) groups excluding carboxylic acids is 1. The van der Waals surface area contributed by atoms with Gasteiger partial charge in [0.25, 0.3) is 5.91 Å². The maximum absolute atomic E-state index is 12.1. The molecule has 174 valence electrons. The zero-order valence-corrected chi connectivity index (χ0v) is 18.5. The van der Waals surface area contributed by atoms with Gasteiger partial charge in [0.15, 0.2) is 5.84 Å². The van der Waals surface area contributed by atoms with E-state index in [4.69, 9.17) is 14.9 Å². The molecule has 1 amide bonds. The van der Waals surface area contributed by atoms with E-state index in [-0.39, 0.29) is 80.3 Å². The minimum atomic E-state index is -4.10. The second kappa shape index (κ2) is 13.0. The van der Waals surface area contributed by atoms with Crippen LogP contribution in [0.4, 0.5) is 0 Å². The summed E-state index contributed by atoms with van der Waals surface area (Å²) in [7, 11) is -4.10. The third-order valence-corrected chi connectivity index (χ3v) is 5.20. The standard InChI is InChI=1S/C15H19N3O3.C3H8NO5P.K.H/c1-5-9-6-10(13(19)20)11(16-7-9)12-17-14(21)15(4,18-12)8(2)3;5-3(6)1-4-2-10(7,8)9;;/h6-8H,5H2,1-4H3,(H,19,20)(H,17,18,21);4H,1-2H2,(H,5,6)(H2,7,8,9);;. The molecule has 14 heteroatoms. The summed E-state index contributed by atoms with van der Waals surface area (Å²) in [5.74, 6) is -2.23. The Labute approximate surface area is 227 Å². The fourth-order valence-electron chi connectivity index (χ4n) is 2.41. The molecule has 1 aliphatic heterocycles. The van der Waals surface area contributed by atoms with Crippen molar-refractivity contribution < 1.29 is 38.9 Å². The maximum atomic E-state index is 12.1. The number of carboxylic acids is 2. The van der Waals surface area contributed by atoms with Crippen LogP contribution in [-0.4, -0.2) is 118 Å². The fourth-order valence-corrected chi connectivity index (χ4v) is 2.81. The number of aliphatic carboxylic acids is 1. The number of hydrogen-bond acceptors (Lipinski definition) is 7. The van der Waals surface area contributed by atoms with Gasteiger partial charge in [-0.2, -0.15) is 0 Å². The molecule has 1 atom stereocenters. The van der Waals surface area contributed by atoms with Crippen LogP contribution < -0.4 is 10.6 Å². The molecule has 0 fully saturated rings. The molecule has 1 aromatic heterocycles. The number of aromatic carboxylic acids is 1. The number of pyridine rings is 1. The fraction of sp³-hybridized carbons (Fsp3) is 0.500. The average Bonchev–Trinajstić information content (AvgIpc) is 2.96. The predicted octanol–water partition coefficient (Wildman–Crippen LogP) is -0.219. The molecular weight excluding hydrogens is 470 g/mol. The Morgan fingerprint density at radius 1 is 1.28 bits per heavy atom. The molecule has 1 aliphatic rings. The summed E-state index contributed by atoms with van der Waals surface area (Å²) in [6, 6.07) is 1.57. The van der Waals surface area contributed by atoms with Crippen LogP contribution in [0, 0.1) is 5.92 Å². The summed E-state index contributed by atoms with van der Waals surface area (Å²) >= 11 is 0. The number of aliphatic imine (C=N–C) groups is 1. The van der Waals surface area contributed by atoms with Crippen molar-refractivity contribution in [2.75, 3.05) is 12.8 Å². The number of amides is 1. The summed E-state index contributed by atoms with van der Waals surface area (Å²) < 4.78 is 10.1. The van der Waals surface area contributed by atoms with Gasteiger partial charge in [-0.15, -0.1) is 0 Å². The number of aryl methyl sites for hydroxylation is 1. The van der Waals surface area contributed by atoms with Crippen molar-refractivity contribution in [3.8, 4) is 0 Å². The molecule has 6 N–H and O–H groups in total. The summed E-state index contributed by atoms with van der Waals surface area (Å²) in [4.78, 5) is 58.3. The number of nitrogens with zero attached hydrogens (tertiary/aromatic N) is 2. The first kappa shape index (κ1) is 31.0. The van der Waals surface area contributed by atoms with Crippen molar-refractivity contribution in [2.24, 2.45) is 10.9 Å². The zero-order valence-electron chi connectivity index (χ0n) is 17.6. The average molecular weight is 499 g/mol. The van der Waals surface area contributed by atoms with Crippen LogP contribution in [0.15, 0.2) is 17.3 Å². The van der Waals surface area contributed by atoms with Gasteiger partial charge < -0.3 is 25.3 Å². The first-order valence-corrected chi connectivity index (χ1v) is 11.1. The van der Waals surface area contributed by atoms with Crippen molar-refractivity contribution in [2.45, 2.75) is 39.7 Å². The Bertz CT molecular complexity index is 934. The molecule has 0 saturated carbocycles. The zero-order chi connectivity index (χ0) is 24.0. The van der Waals surface area contributed by atoms with Crippen LogP contribution in [0.5, 0.6) is 0 Å². The van der Waals surface area contributed by atoms with Gasteiger partial charge in [0.1, 0.15) is 11.2 Å². The van der Waals surface area contributed by atoms with E-state index in [0.29, 0.717) is 6.42 Å². The molecule has 0 spiro atoms. The number of carbonyl (C=O) groups is 3. The van der Waals surface area contributed by atoms with E-state index < -0.39 is 37.9 Å². The Balaban J connectivity index is 0.000000747. The normalized spacial score (nSPS) is 17.6. The van der Waals surface area contributed by atoms with Crippen molar-refractivity contribution in [1.82, 2.24) is 15.6 Å². The topological polar surface area (TPSA) is 199 Å². The summed E-state index contributed by atoms with van der Waals surface area (Å²) in [6.07, 6.45) is 1.71. The van der Waals surface area contributed by atoms with Gasteiger partial charge in [-0.25, -0.2) is 9.79 Å². The van der Waals surface area contributed by atoms with Gasteiger partial charge in [-0.05, 0) is 30.9 Å². The van der Waals surface area contributed by atoms with Crippen LogP contribution in [0.3, 0.4) is 0 Å². The molecule has 0 bridgehead atoms. The number of nitrogens with one attached hydrogen (secondary N) is 2. The Morgan fingerprint density at radius 3 is 2.28 bits per heavy atom. The first-order valence-electron chi connectivity index (χ1n) is 9.32. The molecule has 0 aromatic carbocycles. The number of carboxylic acid groups (broad SMARTS) is 2. The summed E-state index contributed by atoms with van der Waals surface area (Å²) in [5, 5.41) is 22.1. The van der Waals surface area contributed by atoms with Gasteiger partial charge >= 0.3 is 70.9 Å². The number of aromatic nitrogens is 1. The number of amidine groups is 1. The van der Waals surface area contributed by atoms with Gasteiger partial charge in [0.2, 0.25) is 0 Å². The Hall–Kier alpha value is -1.02. The van der Waals surface area contributed by atoms with E-state index in [9.17, 15) is 24.1 Å². The molecule has 32 heavy (non-hydrogen) atoms. The third kappa shape index (κ3) is 9.08. The molecule has 0 saturated heterocycles. The van der Waals surface area contributed by atoms with E-state index in [1.54, 1.807) is 19.2 Å². The Kier molecular flexibility index (Phi) is 12.6. The van der Waals surface area contributed by atoms with Gasteiger partial charge in [-0.1, -0.05) is 20.8 Å². The van der Waals surface area contributed by atoms with Crippen LogP contribution in [0.25, 0.3) is 0 Å². The summed E-state index contributed by atoms with van der Waals surface area (Å²) in [6.45, 7) is 7.02. The predicted molar refractivity (Wildman–Crippen MR) is 118 cm³/mol. The quantitative estimate of drug-likeness (QED) is 0.206.